The quantitative estimate of drug-likeness (QED) is 0.830. The number of nitrogens with zero attached hydrogens (tertiary/aromatic N) is 2. The summed E-state index contributed by atoms with van der Waals surface area (Å²) in [4.78, 5) is 5.51. The number of aromatic amines is 1. The summed E-state index contributed by atoms with van der Waals surface area (Å²) in [5.41, 5.74) is 1.25. The van der Waals surface area contributed by atoms with Gasteiger partial charge in [0, 0.05) is 4.88 Å². The van der Waals surface area contributed by atoms with E-state index in [1.165, 1.54) is 10.4 Å². The van der Waals surface area contributed by atoms with E-state index in [2.05, 4.69) is 45.8 Å². The fraction of sp³-hybridized carbons (Fsp3) is 0.400. The third-order valence-corrected chi connectivity index (χ3v) is 3.08. The largest absolute Gasteiger partial charge is 0.304 e. The minimum absolute atomic E-state index is 0.127. The van der Waals surface area contributed by atoms with Gasteiger partial charge in [-0.15, -0.1) is 11.3 Å². The highest BCUT2D eigenvalue weighted by molar-refractivity contribution is 7.10. The second-order valence-corrected chi connectivity index (χ2v) is 4.47. The van der Waals surface area contributed by atoms with E-state index in [4.69, 9.17) is 0 Å². The summed E-state index contributed by atoms with van der Waals surface area (Å²) in [5, 5.41) is 12.3. The van der Waals surface area contributed by atoms with Crippen LogP contribution >= 0.6 is 11.3 Å². The summed E-state index contributed by atoms with van der Waals surface area (Å²) in [6.45, 7) is 5.10. The molecule has 2 rings (SSSR count). The molecule has 1 unspecified atom stereocenters. The minimum atomic E-state index is 0.127. The van der Waals surface area contributed by atoms with Crippen LogP contribution in [0.3, 0.4) is 0 Å². The molecule has 0 fully saturated rings. The monoisotopic (exact) mass is 222 g/mol. The van der Waals surface area contributed by atoms with Crippen molar-refractivity contribution in [1.29, 1.82) is 0 Å². The minimum Gasteiger partial charge on any atom is -0.304 e. The van der Waals surface area contributed by atoms with E-state index < -0.39 is 0 Å². The lowest BCUT2D eigenvalue weighted by Crippen LogP contribution is -2.22. The molecule has 0 bridgehead atoms. The Morgan fingerprint density at radius 2 is 2.47 bits per heavy atom. The molecule has 15 heavy (non-hydrogen) atoms. The molecule has 0 aromatic carbocycles. The van der Waals surface area contributed by atoms with Crippen molar-refractivity contribution in [2.45, 2.75) is 19.9 Å². The molecule has 2 N–H and O–H groups in total. The number of nitrogens with one attached hydrogen (secondary N) is 2. The molecule has 2 aromatic rings. The van der Waals surface area contributed by atoms with E-state index >= 15 is 0 Å². The number of hydrogen-bond acceptors (Lipinski definition) is 4. The number of H-pyrrole nitrogens is 1. The van der Waals surface area contributed by atoms with E-state index in [0.29, 0.717) is 0 Å². The molecule has 2 heterocycles. The molecule has 0 radical (unpaired) electrons. The van der Waals surface area contributed by atoms with Gasteiger partial charge in [-0.25, -0.2) is 4.98 Å². The zero-order chi connectivity index (χ0) is 10.7. The van der Waals surface area contributed by atoms with E-state index in [1.807, 2.05) is 0 Å². The van der Waals surface area contributed by atoms with Crippen LogP contribution in [0, 0.1) is 6.92 Å². The molecule has 0 aliphatic carbocycles. The van der Waals surface area contributed by atoms with Gasteiger partial charge in [-0.2, -0.15) is 5.10 Å². The lowest BCUT2D eigenvalue weighted by Gasteiger charge is -2.13. The molecule has 5 heteroatoms. The Bertz CT molecular complexity index is 407. The van der Waals surface area contributed by atoms with Gasteiger partial charge in [-0.3, -0.25) is 5.10 Å². The number of rotatable bonds is 4. The third kappa shape index (κ3) is 2.24. The Balaban J connectivity index is 2.27. The van der Waals surface area contributed by atoms with Crippen LogP contribution in [-0.4, -0.2) is 21.7 Å². The van der Waals surface area contributed by atoms with Crippen molar-refractivity contribution in [3.8, 4) is 0 Å². The predicted molar refractivity (Wildman–Crippen MR) is 61.0 cm³/mol. The molecule has 2 aromatic heterocycles. The average molecular weight is 222 g/mol. The van der Waals surface area contributed by atoms with Crippen molar-refractivity contribution in [2.75, 3.05) is 6.54 Å². The first-order chi connectivity index (χ1) is 7.31. The van der Waals surface area contributed by atoms with E-state index in [0.717, 1.165) is 12.4 Å². The SMILES string of the molecule is CCNC(c1csc(C)c1)c1ncn[nH]1. The van der Waals surface area contributed by atoms with Crippen molar-refractivity contribution in [2.24, 2.45) is 0 Å². The number of aryl methyl sites for hydroxylation is 1. The van der Waals surface area contributed by atoms with Gasteiger partial charge >= 0.3 is 0 Å². The topological polar surface area (TPSA) is 53.6 Å². The molecule has 0 spiro atoms. The van der Waals surface area contributed by atoms with Gasteiger partial charge in [0.25, 0.3) is 0 Å². The van der Waals surface area contributed by atoms with Gasteiger partial charge in [0.1, 0.15) is 12.2 Å². The fourth-order valence-corrected chi connectivity index (χ4v) is 2.28. The van der Waals surface area contributed by atoms with E-state index in [-0.39, 0.29) is 6.04 Å². The van der Waals surface area contributed by atoms with Crippen molar-refractivity contribution < 1.29 is 0 Å². The Labute approximate surface area is 92.8 Å². The van der Waals surface area contributed by atoms with E-state index in [1.54, 1.807) is 17.7 Å². The standard InChI is InChI=1S/C10H14N4S/c1-3-11-9(10-12-6-13-14-10)8-4-7(2)15-5-8/h4-6,9,11H,3H2,1-2H3,(H,12,13,14). The van der Waals surface area contributed by atoms with Crippen LogP contribution in [0.25, 0.3) is 0 Å². The highest BCUT2D eigenvalue weighted by atomic mass is 32.1. The van der Waals surface area contributed by atoms with Crippen LogP contribution in [0.4, 0.5) is 0 Å². The lowest BCUT2D eigenvalue weighted by molar-refractivity contribution is 0.601. The Morgan fingerprint density at radius 3 is 3.00 bits per heavy atom. The highest BCUT2D eigenvalue weighted by Gasteiger charge is 2.16. The third-order valence-electron chi connectivity index (χ3n) is 2.20. The molecule has 0 aliphatic heterocycles. The zero-order valence-corrected chi connectivity index (χ0v) is 9.64. The molecule has 0 amide bonds. The number of aromatic nitrogens is 3. The number of hydrogen-bond donors (Lipinski definition) is 2. The van der Waals surface area contributed by atoms with Gasteiger partial charge in [0.05, 0.1) is 6.04 Å². The Morgan fingerprint density at radius 1 is 1.60 bits per heavy atom. The molecular weight excluding hydrogens is 208 g/mol. The number of thiophene rings is 1. The first-order valence-corrected chi connectivity index (χ1v) is 5.83. The fourth-order valence-electron chi connectivity index (χ4n) is 1.55. The second-order valence-electron chi connectivity index (χ2n) is 3.35. The van der Waals surface area contributed by atoms with Crippen molar-refractivity contribution in [1.82, 2.24) is 20.5 Å². The molecule has 1 atom stereocenters. The van der Waals surface area contributed by atoms with Crippen LogP contribution in [0.15, 0.2) is 17.8 Å². The van der Waals surface area contributed by atoms with Gasteiger partial charge in [0.15, 0.2) is 0 Å². The summed E-state index contributed by atoms with van der Waals surface area (Å²) in [7, 11) is 0. The summed E-state index contributed by atoms with van der Waals surface area (Å²) >= 11 is 1.75. The molecular formula is C10H14N4S. The second kappa shape index (κ2) is 4.55. The lowest BCUT2D eigenvalue weighted by atomic mass is 10.1. The van der Waals surface area contributed by atoms with Crippen molar-refractivity contribution in [3.05, 3.63) is 34.0 Å². The maximum atomic E-state index is 4.20. The van der Waals surface area contributed by atoms with Crippen LogP contribution in [0.2, 0.25) is 0 Å². The summed E-state index contributed by atoms with van der Waals surface area (Å²) in [6.07, 6.45) is 1.54. The predicted octanol–water partition coefficient (Wildman–Crippen LogP) is 1.87. The average Bonchev–Trinajstić information content (AvgIpc) is 2.85. The smallest absolute Gasteiger partial charge is 0.146 e. The maximum absolute atomic E-state index is 4.20. The first-order valence-electron chi connectivity index (χ1n) is 4.95. The summed E-state index contributed by atoms with van der Waals surface area (Å²) in [5.74, 6) is 0.870. The van der Waals surface area contributed by atoms with Gasteiger partial charge in [0.2, 0.25) is 0 Å². The normalized spacial score (nSPS) is 12.9. The Kier molecular flexibility index (Phi) is 3.13. The molecule has 0 saturated carbocycles. The summed E-state index contributed by atoms with van der Waals surface area (Å²) in [6, 6.07) is 2.31. The zero-order valence-electron chi connectivity index (χ0n) is 8.82. The van der Waals surface area contributed by atoms with Crippen LogP contribution in [0.5, 0.6) is 0 Å². The highest BCUT2D eigenvalue weighted by Crippen LogP contribution is 2.23. The van der Waals surface area contributed by atoms with E-state index in [9.17, 15) is 0 Å². The van der Waals surface area contributed by atoms with Crippen LogP contribution in [0.1, 0.15) is 29.2 Å². The molecule has 0 aliphatic rings. The summed E-state index contributed by atoms with van der Waals surface area (Å²) < 4.78 is 0. The van der Waals surface area contributed by atoms with Gasteiger partial charge in [-0.1, -0.05) is 6.92 Å². The van der Waals surface area contributed by atoms with Crippen molar-refractivity contribution >= 4 is 11.3 Å². The van der Waals surface area contributed by atoms with Crippen LogP contribution < -0.4 is 5.32 Å². The van der Waals surface area contributed by atoms with Gasteiger partial charge in [-0.05, 0) is 30.5 Å². The molecule has 80 valence electrons. The van der Waals surface area contributed by atoms with Crippen LogP contribution in [-0.2, 0) is 0 Å². The van der Waals surface area contributed by atoms with Crippen molar-refractivity contribution in [3.63, 3.8) is 0 Å². The first kappa shape index (κ1) is 10.3. The van der Waals surface area contributed by atoms with Gasteiger partial charge < -0.3 is 5.32 Å². The Hall–Kier alpha value is -1.20. The molecule has 4 nitrogen and oxygen atoms in total. The maximum Gasteiger partial charge on any atom is 0.146 e. The molecule has 0 saturated heterocycles.